The third-order valence-electron chi connectivity index (χ3n) is 6.67. The van der Waals surface area contributed by atoms with Crippen LogP contribution in [0.4, 0.5) is 5.95 Å². The number of aromatic amines is 1. The lowest BCUT2D eigenvalue weighted by atomic mass is 10.0. The van der Waals surface area contributed by atoms with E-state index in [1.165, 1.54) is 0 Å². The second-order valence-corrected chi connectivity index (χ2v) is 9.16. The monoisotopic (exact) mass is 466 g/mol. The molecule has 0 spiro atoms. The van der Waals surface area contributed by atoms with Crippen LogP contribution < -0.4 is 5.32 Å². The van der Waals surface area contributed by atoms with Crippen LogP contribution >= 0.6 is 11.6 Å². The summed E-state index contributed by atoms with van der Waals surface area (Å²) in [4.78, 5) is 40.7. The fourth-order valence-corrected chi connectivity index (χ4v) is 5.12. The lowest BCUT2D eigenvalue weighted by molar-refractivity contribution is -0.143. The zero-order valence-electron chi connectivity index (χ0n) is 18.6. The van der Waals surface area contributed by atoms with Gasteiger partial charge in [0.25, 0.3) is 0 Å². The van der Waals surface area contributed by atoms with Crippen LogP contribution in [0.1, 0.15) is 32.6 Å². The summed E-state index contributed by atoms with van der Waals surface area (Å²) in [6.07, 6.45) is 6.79. The number of hydrogen-bond donors (Lipinski definition) is 2. The number of carbonyl (C=O) groups is 2. The van der Waals surface area contributed by atoms with Gasteiger partial charge in [0.05, 0.1) is 16.9 Å². The first-order valence-corrected chi connectivity index (χ1v) is 11.8. The van der Waals surface area contributed by atoms with Crippen LogP contribution in [0.15, 0.2) is 36.7 Å². The second-order valence-electron chi connectivity index (χ2n) is 8.75. The number of rotatable bonds is 4. The smallest absolute Gasteiger partial charge is 0.245 e. The Morgan fingerprint density at radius 1 is 1.15 bits per heavy atom. The number of nitrogens with one attached hydrogen (secondary N) is 2. The van der Waals surface area contributed by atoms with Gasteiger partial charge in [-0.2, -0.15) is 0 Å². The molecule has 0 saturated carbocycles. The zero-order chi connectivity index (χ0) is 22.9. The van der Waals surface area contributed by atoms with E-state index in [1.807, 2.05) is 35.4 Å². The van der Waals surface area contributed by atoms with Gasteiger partial charge in [-0.15, -0.1) is 0 Å². The van der Waals surface area contributed by atoms with E-state index in [0.717, 1.165) is 42.1 Å². The number of likely N-dealkylation sites (tertiary alicyclic amines) is 2. The number of aromatic nitrogens is 3. The summed E-state index contributed by atoms with van der Waals surface area (Å²) >= 11 is 6.44. The summed E-state index contributed by atoms with van der Waals surface area (Å²) in [5.41, 5.74) is 2.65. The molecule has 2 amide bonds. The number of H-pyrrole nitrogens is 1. The number of piperidine rings is 1. The van der Waals surface area contributed by atoms with E-state index in [9.17, 15) is 9.59 Å². The fourth-order valence-electron chi connectivity index (χ4n) is 4.93. The predicted molar refractivity (Wildman–Crippen MR) is 128 cm³/mol. The Bertz CT molecular complexity index is 1190. The Balaban J connectivity index is 1.25. The summed E-state index contributed by atoms with van der Waals surface area (Å²) in [5, 5.41) is 4.98. The maximum absolute atomic E-state index is 13.0. The average Bonchev–Trinajstić information content (AvgIpc) is 3.48. The van der Waals surface area contributed by atoms with E-state index in [4.69, 9.17) is 16.6 Å². The number of hydrogen-bond acceptors (Lipinski definition) is 5. The van der Waals surface area contributed by atoms with Gasteiger partial charge in [0.1, 0.15) is 6.04 Å². The highest BCUT2D eigenvalue weighted by molar-refractivity contribution is 6.33. The molecule has 0 aliphatic carbocycles. The van der Waals surface area contributed by atoms with Crippen molar-refractivity contribution in [2.24, 2.45) is 0 Å². The van der Waals surface area contributed by atoms with Gasteiger partial charge in [-0.3, -0.25) is 9.59 Å². The number of nitrogens with zero attached hydrogens (tertiary/aromatic N) is 4. The molecule has 33 heavy (non-hydrogen) atoms. The SMILES string of the molecule is CC(=O)N1CCC[C@@H]1C(=O)N1CCC(Nc2ncc(Cl)c(-c3c[nH]c4ccccc34)n2)CC1. The third-order valence-corrected chi connectivity index (χ3v) is 6.95. The van der Waals surface area contributed by atoms with Crippen LogP contribution in [-0.2, 0) is 9.59 Å². The van der Waals surface area contributed by atoms with E-state index in [1.54, 1.807) is 18.0 Å². The Labute approximate surface area is 197 Å². The molecule has 1 aromatic carbocycles. The Kier molecular flexibility index (Phi) is 5.93. The number of carbonyl (C=O) groups excluding carboxylic acids is 2. The second kappa shape index (κ2) is 9.02. The molecule has 5 rings (SSSR count). The van der Waals surface area contributed by atoms with Crippen molar-refractivity contribution in [2.45, 2.75) is 44.7 Å². The highest BCUT2D eigenvalue weighted by Gasteiger charge is 2.36. The standard InChI is InChI=1S/C24H27ClN6O2/c1-15(32)31-10-4-7-21(31)23(33)30-11-8-16(9-12-30)28-24-27-14-19(25)22(29-24)18-13-26-20-6-3-2-5-17(18)20/h2-3,5-6,13-14,16,21,26H,4,7-12H2,1H3,(H,27,28,29)/t21-/m1/s1. The molecule has 0 bridgehead atoms. The number of anilines is 1. The molecule has 4 heterocycles. The molecule has 2 aliphatic rings. The van der Waals surface area contributed by atoms with E-state index in [0.29, 0.717) is 36.3 Å². The molecular weight excluding hydrogens is 440 g/mol. The van der Waals surface area contributed by atoms with Gasteiger partial charge < -0.3 is 20.1 Å². The van der Waals surface area contributed by atoms with Crippen molar-refractivity contribution in [3.8, 4) is 11.3 Å². The van der Waals surface area contributed by atoms with Crippen molar-refractivity contribution in [3.63, 3.8) is 0 Å². The summed E-state index contributed by atoms with van der Waals surface area (Å²) < 4.78 is 0. The van der Waals surface area contributed by atoms with Gasteiger partial charge in [-0.25, -0.2) is 9.97 Å². The largest absolute Gasteiger partial charge is 0.360 e. The Morgan fingerprint density at radius 2 is 1.94 bits per heavy atom. The van der Waals surface area contributed by atoms with Crippen molar-refractivity contribution in [1.82, 2.24) is 24.8 Å². The molecule has 0 unspecified atom stereocenters. The molecule has 0 radical (unpaired) electrons. The topological polar surface area (TPSA) is 94.2 Å². The van der Waals surface area contributed by atoms with E-state index < -0.39 is 0 Å². The minimum Gasteiger partial charge on any atom is -0.360 e. The van der Waals surface area contributed by atoms with Crippen molar-refractivity contribution in [2.75, 3.05) is 25.0 Å². The summed E-state index contributed by atoms with van der Waals surface area (Å²) in [7, 11) is 0. The highest BCUT2D eigenvalue weighted by atomic mass is 35.5. The van der Waals surface area contributed by atoms with Crippen molar-refractivity contribution >= 4 is 40.3 Å². The molecular formula is C24H27ClN6O2. The normalized spacial score (nSPS) is 19.3. The molecule has 2 N–H and O–H groups in total. The summed E-state index contributed by atoms with van der Waals surface area (Å²) in [6, 6.07) is 7.90. The van der Waals surface area contributed by atoms with Gasteiger partial charge in [-0.05, 0) is 31.7 Å². The van der Waals surface area contributed by atoms with Gasteiger partial charge in [-0.1, -0.05) is 29.8 Å². The number of para-hydroxylation sites is 1. The molecule has 2 fully saturated rings. The van der Waals surface area contributed by atoms with Crippen LogP contribution in [-0.4, -0.2) is 68.3 Å². The Hall–Kier alpha value is -3.13. The van der Waals surface area contributed by atoms with Gasteiger partial charge in [0, 0.05) is 55.3 Å². The third kappa shape index (κ3) is 4.27. The fraction of sp³-hybridized carbons (Fsp3) is 0.417. The molecule has 2 aromatic heterocycles. The quantitative estimate of drug-likeness (QED) is 0.611. The minimum absolute atomic E-state index is 0.0201. The predicted octanol–water partition coefficient (Wildman–Crippen LogP) is 3.69. The first-order chi connectivity index (χ1) is 16.0. The summed E-state index contributed by atoms with van der Waals surface area (Å²) in [6.45, 7) is 3.53. The minimum atomic E-state index is -0.301. The van der Waals surface area contributed by atoms with Crippen molar-refractivity contribution in [3.05, 3.63) is 41.7 Å². The highest BCUT2D eigenvalue weighted by Crippen LogP contribution is 2.32. The van der Waals surface area contributed by atoms with Crippen LogP contribution in [0, 0.1) is 0 Å². The molecule has 8 nitrogen and oxygen atoms in total. The van der Waals surface area contributed by atoms with Gasteiger partial charge in [0.2, 0.25) is 17.8 Å². The maximum Gasteiger partial charge on any atom is 0.245 e. The van der Waals surface area contributed by atoms with Crippen molar-refractivity contribution < 1.29 is 9.59 Å². The number of halogens is 1. The Morgan fingerprint density at radius 3 is 2.73 bits per heavy atom. The number of fused-ring (bicyclic) bond motifs is 1. The molecule has 172 valence electrons. The summed E-state index contributed by atoms with van der Waals surface area (Å²) in [5.74, 6) is 0.585. The number of benzene rings is 1. The van der Waals surface area contributed by atoms with E-state index in [2.05, 4.69) is 15.3 Å². The van der Waals surface area contributed by atoms with E-state index >= 15 is 0 Å². The van der Waals surface area contributed by atoms with Crippen LogP contribution in [0.2, 0.25) is 5.02 Å². The van der Waals surface area contributed by atoms with E-state index in [-0.39, 0.29) is 23.9 Å². The first-order valence-electron chi connectivity index (χ1n) is 11.4. The molecule has 9 heteroatoms. The lowest BCUT2D eigenvalue weighted by Crippen LogP contribution is -2.50. The van der Waals surface area contributed by atoms with Crippen LogP contribution in [0.25, 0.3) is 22.2 Å². The molecule has 2 aliphatic heterocycles. The molecule has 3 aromatic rings. The van der Waals surface area contributed by atoms with Gasteiger partial charge in [0.15, 0.2) is 0 Å². The average molecular weight is 467 g/mol. The van der Waals surface area contributed by atoms with Crippen LogP contribution in [0.3, 0.4) is 0 Å². The van der Waals surface area contributed by atoms with Crippen molar-refractivity contribution in [1.29, 1.82) is 0 Å². The zero-order valence-corrected chi connectivity index (χ0v) is 19.3. The number of amides is 2. The first kappa shape index (κ1) is 21.7. The van der Waals surface area contributed by atoms with Crippen LogP contribution in [0.5, 0.6) is 0 Å². The maximum atomic E-state index is 13.0. The van der Waals surface area contributed by atoms with Gasteiger partial charge >= 0.3 is 0 Å². The lowest BCUT2D eigenvalue weighted by Gasteiger charge is -2.35. The molecule has 1 atom stereocenters. The molecule has 2 saturated heterocycles.